The highest BCUT2D eigenvalue weighted by Gasteiger charge is 2.41. The van der Waals surface area contributed by atoms with Gasteiger partial charge in [0.05, 0.1) is 7.11 Å². The number of likely N-dealkylation sites (tertiary alicyclic amines) is 1. The van der Waals surface area contributed by atoms with Gasteiger partial charge in [0.25, 0.3) is 0 Å². The molecule has 3 N–H and O–H groups in total. The van der Waals surface area contributed by atoms with Crippen LogP contribution in [-0.4, -0.2) is 46.8 Å². The predicted molar refractivity (Wildman–Crippen MR) is 123 cm³/mol. The highest BCUT2D eigenvalue weighted by Crippen LogP contribution is 2.43. The van der Waals surface area contributed by atoms with E-state index >= 15 is 0 Å². The van der Waals surface area contributed by atoms with E-state index in [1.165, 1.54) is 7.11 Å². The van der Waals surface area contributed by atoms with E-state index in [-0.39, 0.29) is 29.0 Å². The van der Waals surface area contributed by atoms with Gasteiger partial charge in [0.2, 0.25) is 5.91 Å². The largest absolute Gasteiger partial charge is 0.504 e. The molecule has 1 saturated heterocycles. The summed E-state index contributed by atoms with van der Waals surface area (Å²) >= 11 is 0. The Hall–Kier alpha value is -2.44. The molecule has 7 heteroatoms. The van der Waals surface area contributed by atoms with Crippen molar-refractivity contribution in [2.24, 2.45) is 23.2 Å². The fourth-order valence-corrected chi connectivity index (χ4v) is 5.46. The van der Waals surface area contributed by atoms with Crippen LogP contribution in [0.5, 0.6) is 11.5 Å². The van der Waals surface area contributed by atoms with E-state index in [0.717, 1.165) is 31.2 Å². The van der Waals surface area contributed by atoms with E-state index in [4.69, 9.17) is 4.74 Å². The zero-order chi connectivity index (χ0) is 23.5. The van der Waals surface area contributed by atoms with Crippen molar-refractivity contribution in [3.63, 3.8) is 0 Å². The minimum Gasteiger partial charge on any atom is -0.504 e. The lowest BCUT2D eigenvalue weighted by molar-refractivity contribution is -0.127. The van der Waals surface area contributed by atoms with Crippen LogP contribution in [-0.2, 0) is 11.3 Å². The Morgan fingerprint density at radius 1 is 1.16 bits per heavy atom. The van der Waals surface area contributed by atoms with E-state index in [9.17, 15) is 19.8 Å². The van der Waals surface area contributed by atoms with E-state index in [1.54, 1.807) is 23.1 Å². The number of aromatic hydroxyl groups is 1. The number of hydrogen-bond donors (Lipinski definition) is 3. The second-order valence-corrected chi connectivity index (χ2v) is 10.5. The smallest absolute Gasteiger partial charge is 0.407 e. The first-order chi connectivity index (χ1) is 15.1. The fourth-order valence-electron chi connectivity index (χ4n) is 5.46. The molecule has 1 heterocycles. The highest BCUT2D eigenvalue weighted by molar-refractivity contribution is 5.79. The third-order valence-electron chi connectivity index (χ3n) is 7.51. The second-order valence-electron chi connectivity index (χ2n) is 10.5. The number of carbonyl (C=O) groups is 2. The standard InChI is InChI=1S/C25H38N2O5/c1-25(2,3)19-8-6-17(7-9-19)20-14-18(11-12-27(20)24(30)31)23(29)26-15-16-5-10-21(28)22(13-16)32-4/h5,10,13,17-20,28H,6-9,11-12,14-15H2,1-4H3,(H,26,29)(H,30,31). The van der Waals surface area contributed by atoms with Gasteiger partial charge in [-0.2, -0.15) is 0 Å². The molecule has 1 aliphatic carbocycles. The molecule has 0 aromatic heterocycles. The van der Waals surface area contributed by atoms with Crippen LogP contribution in [0.1, 0.15) is 64.9 Å². The molecular weight excluding hydrogens is 408 g/mol. The van der Waals surface area contributed by atoms with Crippen LogP contribution >= 0.6 is 0 Å². The molecule has 7 nitrogen and oxygen atoms in total. The third-order valence-corrected chi connectivity index (χ3v) is 7.51. The fraction of sp³-hybridized carbons (Fsp3) is 0.680. The zero-order valence-corrected chi connectivity index (χ0v) is 19.8. The van der Waals surface area contributed by atoms with E-state index in [2.05, 4.69) is 26.1 Å². The van der Waals surface area contributed by atoms with Crippen molar-refractivity contribution in [2.75, 3.05) is 13.7 Å². The van der Waals surface area contributed by atoms with E-state index < -0.39 is 6.09 Å². The van der Waals surface area contributed by atoms with Crippen LogP contribution in [0, 0.1) is 23.2 Å². The normalized spacial score (nSPS) is 26.4. The van der Waals surface area contributed by atoms with Crippen molar-refractivity contribution in [3.8, 4) is 11.5 Å². The Morgan fingerprint density at radius 2 is 1.84 bits per heavy atom. The van der Waals surface area contributed by atoms with Gasteiger partial charge in [-0.05, 0) is 73.5 Å². The number of methoxy groups -OCH3 is 1. The zero-order valence-electron chi connectivity index (χ0n) is 19.8. The second kappa shape index (κ2) is 10.0. The Morgan fingerprint density at radius 3 is 2.44 bits per heavy atom. The van der Waals surface area contributed by atoms with Gasteiger partial charge < -0.3 is 25.2 Å². The molecule has 2 fully saturated rings. The summed E-state index contributed by atoms with van der Waals surface area (Å²) in [5.41, 5.74) is 1.12. The lowest BCUT2D eigenvalue weighted by atomic mass is 9.67. The van der Waals surface area contributed by atoms with Gasteiger partial charge >= 0.3 is 6.09 Å². The maximum absolute atomic E-state index is 12.9. The van der Waals surface area contributed by atoms with Gasteiger partial charge in [-0.15, -0.1) is 0 Å². The Bertz CT molecular complexity index is 811. The van der Waals surface area contributed by atoms with Crippen molar-refractivity contribution in [1.29, 1.82) is 0 Å². The van der Waals surface area contributed by atoms with Crippen LogP contribution in [0.3, 0.4) is 0 Å². The highest BCUT2D eigenvalue weighted by atomic mass is 16.5. The van der Waals surface area contributed by atoms with E-state index in [1.807, 2.05) is 0 Å². The van der Waals surface area contributed by atoms with Crippen molar-refractivity contribution in [1.82, 2.24) is 10.2 Å². The molecule has 2 atom stereocenters. The molecule has 2 aliphatic rings. The molecule has 1 saturated carbocycles. The summed E-state index contributed by atoms with van der Waals surface area (Å²) in [7, 11) is 1.49. The Labute approximate surface area is 191 Å². The molecule has 0 bridgehead atoms. The number of benzene rings is 1. The summed E-state index contributed by atoms with van der Waals surface area (Å²) in [6.45, 7) is 7.60. The first-order valence-electron chi connectivity index (χ1n) is 11.7. The first-order valence-corrected chi connectivity index (χ1v) is 11.7. The van der Waals surface area contributed by atoms with Crippen LogP contribution in [0.15, 0.2) is 18.2 Å². The summed E-state index contributed by atoms with van der Waals surface area (Å²) in [6.07, 6.45) is 4.56. The van der Waals surface area contributed by atoms with Gasteiger partial charge in [-0.3, -0.25) is 4.79 Å². The maximum Gasteiger partial charge on any atom is 0.407 e. The van der Waals surface area contributed by atoms with Crippen LogP contribution < -0.4 is 10.1 Å². The number of amides is 2. The number of piperidine rings is 1. The molecule has 1 aromatic carbocycles. The number of nitrogens with zero attached hydrogens (tertiary/aromatic N) is 1. The molecular formula is C25H38N2O5. The number of rotatable bonds is 5. The molecule has 2 unspecified atom stereocenters. The summed E-state index contributed by atoms with van der Waals surface area (Å²) in [5, 5.41) is 22.5. The Kier molecular flexibility index (Phi) is 7.57. The Balaban J connectivity index is 1.61. The monoisotopic (exact) mass is 446 g/mol. The van der Waals surface area contributed by atoms with Crippen LogP contribution in [0.25, 0.3) is 0 Å². The molecule has 2 amide bonds. The number of ether oxygens (including phenoxy) is 1. The maximum atomic E-state index is 12.9. The summed E-state index contributed by atoms with van der Waals surface area (Å²) in [4.78, 5) is 26.4. The quantitative estimate of drug-likeness (QED) is 0.613. The van der Waals surface area contributed by atoms with Crippen molar-refractivity contribution in [2.45, 2.75) is 71.9 Å². The number of carbonyl (C=O) groups excluding carboxylic acids is 1. The molecule has 1 aromatic rings. The lowest BCUT2D eigenvalue weighted by Gasteiger charge is -2.45. The topological polar surface area (TPSA) is 99.1 Å². The van der Waals surface area contributed by atoms with Gasteiger partial charge in [-0.1, -0.05) is 26.8 Å². The summed E-state index contributed by atoms with van der Waals surface area (Å²) < 4.78 is 5.13. The average Bonchev–Trinajstić information content (AvgIpc) is 2.77. The predicted octanol–water partition coefficient (Wildman–Crippen LogP) is 4.63. The minimum absolute atomic E-state index is 0.0320. The SMILES string of the molecule is COc1cc(CNC(=O)C2CCN(C(=O)O)C(C3CCC(C(C)(C)C)CC3)C2)ccc1O. The van der Waals surface area contributed by atoms with Gasteiger partial charge in [-0.25, -0.2) is 4.79 Å². The number of phenolic OH excluding ortho intramolecular Hbond substituents is 1. The van der Waals surface area contributed by atoms with Gasteiger partial charge in [0.15, 0.2) is 11.5 Å². The summed E-state index contributed by atoms with van der Waals surface area (Å²) in [6, 6.07) is 4.92. The van der Waals surface area contributed by atoms with Crippen molar-refractivity contribution < 1.29 is 24.5 Å². The number of nitrogens with one attached hydrogen (secondary N) is 1. The molecule has 0 radical (unpaired) electrons. The molecule has 1 aliphatic heterocycles. The molecule has 0 spiro atoms. The van der Waals surface area contributed by atoms with Crippen LogP contribution in [0.4, 0.5) is 4.79 Å². The summed E-state index contributed by atoms with van der Waals surface area (Å²) in [5.74, 6) is 1.21. The average molecular weight is 447 g/mol. The first kappa shape index (κ1) is 24.2. The van der Waals surface area contributed by atoms with Crippen molar-refractivity contribution >= 4 is 12.0 Å². The number of phenols is 1. The number of carboxylic acid groups (broad SMARTS) is 1. The minimum atomic E-state index is -0.872. The molecule has 3 rings (SSSR count). The molecule has 178 valence electrons. The lowest BCUT2D eigenvalue weighted by Crippen LogP contribution is -2.52. The molecule has 32 heavy (non-hydrogen) atoms. The van der Waals surface area contributed by atoms with Crippen LogP contribution in [0.2, 0.25) is 0 Å². The van der Waals surface area contributed by atoms with E-state index in [0.29, 0.717) is 43.5 Å². The third kappa shape index (κ3) is 5.67. The van der Waals surface area contributed by atoms with Gasteiger partial charge in [0.1, 0.15) is 0 Å². The van der Waals surface area contributed by atoms with Gasteiger partial charge in [0, 0.05) is 25.0 Å². The van der Waals surface area contributed by atoms with Crippen molar-refractivity contribution in [3.05, 3.63) is 23.8 Å². The number of hydrogen-bond acceptors (Lipinski definition) is 4.